The van der Waals surface area contributed by atoms with Crippen molar-refractivity contribution in [3.63, 3.8) is 0 Å². The van der Waals surface area contributed by atoms with E-state index < -0.39 is 22.0 Å². The monoisotopic (exact) mass is 430 g/mol. The number of hydrogen-bond acceptors (Lipinski definition) is 3. The summed E-state index contributed by atoms with van der Waals surface area (Å²) in [7, 11) is -3.78. The Morgan fingerprint density at radius 1 is 1.08 bits per heavy atom. The lowest BCUT2D eigenvalue weighted by Gasteiger charge is -2.25. The van der Waals surface area contributed by atoms with Crippen LogP contribution in [0.4, 0.5) is 11.4 Å². The maximum atomic E-state index is 13.1. The van der Waals surface area contributed by atoms with Crippen LogP contribution in [0.2, 0.25) is 0 Å². The third kappa shape index (κ3) is 2.59. The maximum absolute atomic E-state index is 13.1. The number of carbonyl (C=O) groups excluding carboxylic acids is 1. The van der Waals surface area contributed by atoms with Crippen LogP contribution in [-0.2, 0) is 14.8 Å². The summed E-state index contributed by atoms with van der Waals surface area (Å²) in [6.07, 6.45) is 0. The molecule has 132 valence electrons. The third-order valence-electron chi connectivity index (χ3n) is 4.44. The maximum Gasteiger partial charge on any atom is 0.265 e. The molecule has 5 nitrogen and oxygen atoms in total. The van der Waals surface area contributed by atoms with E-state index in [-0.39, 0.29) is 4.90 Å². The van der Waals surface area contributed by atoms with E-state index in [1.54, 1.807) is 49.4 Å². The molecule has 4 rings (SSSR count). The number of rotatable bonds is 3. The summed E-state index contributed by atoms with van der Waals surface area (Å²) in [6, 6.07) is 16.8. The second-order valence-electron chi connectivity index (χ2n) is 6.11. The van der Waals surface area contributed by atoms with Gasteiger partial charge in [0.25, 0.3) is 10.0 Å². The lowest BCUT2D eigenvalue weighted by atomic mass is 10.1. The Bertz CT molecular complexity index is 1140. The summed E-state index contributed by atoms with van der Waals surface area (Å²) in [5.74, 6) is -0.392. The Kier molecular flexibility index (Phi) is 4.00. The van der Waals surface area contributed by atoms with Crippen molar-refractivity contribution in [2.75, 3.05) is 9.62 Å². The molecule has 1 unspecified atom stereocenters. The van der Waals surface area contributed by atoms with Crippen LogP contribution in [0.15, 0.2) is 70.0 Å². The highest BCUT2D eigenvalue weighted by atomic mass is 79.9. The number of anilines is 2. The molecule has 0 radical (unpaired) electrons. The average molecular weight is 431 g/mol. The molecule has 0 aliphatic carbocycles. The zero-order chi connectivity index (χ0) is 18.5. The number of sulfonamides is 1. The van der Waals surface area contributed by atoms with E-state index in [4.69, 9.17) is 0 Å². The van der Waals surface area contributed by atoms with Crippen molar-refractivity contribution in [1.29, 1.82) is 0 Å². The van der Waals surface area contributed by atoms with Gasteiger partial charge in [0.1, 0.15) is 6.04 Å². The fraction of sp³-hybridized carbons (Fsp3) is 0.105. The smallest absolute Gasteiger partial charge is 0.265 e. The first-order valence-corrected chi connectivity index (χ1v) is 10.3. The van der Waals surface area contributed by atoms with E-state index >= 15 is 0 Å². The van der Waals surface area contributed by atoms with Gasteiger partial charge in [-0.2, -0.15) is 0 Å². The largest absolute Gasteiger partial charge is 0.324 e. The first-order valence-electron chi connectivity index (χ1n) is 8.02. The van der Waals surface area contributed by atoms with Gasteiger partial charge < -0.3 is 5.32 Å². The first kappa shape index (κ1) is 17.1. The van der Waals surface area contributed by atoms with Crippen molar-refractivity contribution in [3.05, 3.63) is 65.1 Å². The van der Waals surface area contributed by atoms with Crippen molar-refractivity contribution in [2.24, 2.45) is 0 Å². The van der Waals surface area contributed by atoms with Gasteiger partial charge in [-0.05, 0) is 42.6 Å². The number of amides is 1. The number of nitrogens with one attached hydrogen (secondary N) is 1. The van der Waals surface area contributed by atoms with Gasteiger partial charge in [-0.1, -0.05) is 46.3 Å². The van der Waals surface area contributed by atoms with Crippen LogP contribution in [-0.4, -0.2) is 20.4 Å². The van der Waals surface area contributed by atoms with E-state index in [1.165, 1.54) is 4.31 Å². The lowest BCUT2D eigenvalue weighted by Crippen LogP contribution is -2.43. The minimum Gasteiger partial charge on any atom is -0.324 e. The molecule has 3 aromatic rings. The zero-order valence-corrected chi connectivity index (χ0v) is 16.2. The highest BCUT2D eigenvalue weighted by molar-refractivity contribution is 9.10. The van der Waals surface area contributed by atoms with Crippen LogP contribution >= 0.6 is 15.9 Å². The molecular formula is C19H15BrN2O3S. The highest BCUT2D eigenvalue weighted by Crippen LogP contribution is 2.43. The standard InChI is InChI=1S/C19H15BrN2O3S/c1-12(19(23)21-15-8-4-7-14(20)11-15)22-16-9-2-5-13-6-3-10-17(18(13)16)26(22,24)25/h2-12H,1H3,(H,21,23). The number of carbonyl (C=O) groups is 1. The van der Waals surface area contributed by atoms with Crippen molar-refractivity contribution >= 4 is 54.0 Å². The van der Waals surface area contributed by atoms with Gasteiger partial charge >= 0.3 is 0 Å². The van der Waals surface area contributed by atoms with E-state index in [2.05, 4.69) is 21.2 Å². The second kappa shape index (κ2) is 6.10. The van der Waals surface area contributed by atoms with E-state index in [0.29, 0.717) is 16.8 Å². The molecule has 0 aromatic heterocycles. The van der Waals surface area contributed by atoms with Gasteiger partial charge in [-0.15, -0.1) is 0 Å². The molecule has 1 atom stereocenters. The Labute approximate surface area is 159 Å². The zero-order valence-electron chi connectivity index (χ0n) is 13.8. The second-order valence-corrected chi connectivity index (χ2v) is 8.81. The van der Waals surface area contributed by atoms with Gasteiger partial charge in [0, 0.05) is 15.5 Å². The van der Waals surface area contributed by atoms with Crippen LogP contribution in [0.25, 0.3) is 10.8 Å². The number of hydrogen-bond donors (Lipinski definition) is 1. The van der Waals surface area contributed by atoms with Gasteiger partial charge in [0.15, 0.2) is 0 Å². The van der Waals surface area contributed by atoms with E-state index in [1.807, 2.05) is 18.2 Å². The summed E-state index contributed by atoms with van der Waals surface area (Å²) in [5, 5.41) is 4.28. The van der Waals surface area contributed by atoms with Gasteiger partial charge in [0.05, 0.1) is 10.6 Å². The van der Waals surface area contributed by atoms with Crippen molar-refractivity contribution in [1.82, 2.24) is 0 Å². The van der Waals surface area contributed by atoms with Crippen LogP contribution in [0.5, 0.6) is 0 Å². The normalized spacial score (nSPS) is 15.8. The number of benzene rings is 3. The molecule has 0 saturated heterocycles. The summed E-state index contributed by atoms with van der Waals surface area (Å²) in [4.78, 5) is 13.0. The minimum absolute atomic E-state index is 0.243. The number of halogens is 1. The molecule has 3 aromatic carbocycles. The quantitative estimate of drug-likeness (QED) is 0.678. The van der Waals surface area contributed by atoms with E-state index in [9.17, 15) is 13.2 Å². The molecule has 0 saturated carbocycles. The molecule has 1 amide bonds. The van der Waals surface area contributed by atoms with E-state index in [0.717, 1.165) is 9.86 Å². The van der Waals surface area contributed by atoms with Crippen LogP contribution in [0, 0.1) is 0 Å². The molecule has 7 heteroatoms. The fourth-order valence-corrected chi connectivity index (χ4v) is 5.52. The van der Waals surface area contributed by atoms with Gasteiger partial charge in [0.2, 0.25) is 5.91 Å². The lowest BCUT2D eigenvalue weighted by molar-refractivity contribution is -0.116. The van der Waals surface area contributed by atoms with Crippen LogP contribution in [0.1, 0.15) is 6.92 Å². The fourth-order valence-electron chi connectivity index (χ4n) is 3.26. The molecule has 1 aliphatic heterocycles. The summed E-state index contributed by atoms with van der Waals surface area (Å²) in [5.41, 5.74) is 1.14. The molecular weight excluding hydrogens is 416 g/mol. The molecule has 1 N–H and O–H groups in total. The average Bonchev–Trinajstić information content (AvgIpc) is 2.83. The van der Waals surface area contributed by atoms with Crippen molar-refractivity contribution in [3.8, 4) is 0 Å². The molecule has 1 aliphatic rings. The first-order chi connectivity index (χ1) is 12.4. The molecule has 0 fully saturated rings. The predicted molar refractivity (Wildman–Crippen MR) is 106 cm³/mol. The van der Waals surface area contributed by atoms with Gasteiger partial charge in [-0.3, -0.25) is 9.10 Å². The third-order valence-corrected chi connectivity index (χ3v) is 6.86. The molecule has 26 heavy (non-hydrogen) atoms. The number of nitrogens with zero attached hydrogens (tertiary/aromatic N) is 1. The molecule has 0 bridgehead atoms. The molecule has 1 heterocycles. The predicted octanol–water partition coefficient (Wildman–Crippen LogP) is 4.14. The Hall–Kier alpha value is -2.38. The summed E-state index contributed by atoms with van der Waals surface area (Å²) in [6.45, 7) is 1.59. The highest BCUT2D eigenvalue weighted by Gasteiger charge is 2.40. The van der Waals surface area contributed by atoms with Crippen molar-refractivity contribution in [2.45, 2.75) is 17.9 Å². The Morgan fingerprint density at radius 2 is 1.77 bits per heavy atom. The minimum atomic E-state index is -3.78. The summed E-state index contributed by atoms with van der Waals surface area (Å²) >= 11 is 3.35. The Morgan fingerprint density at radius 3 is 2.50 bits per heavy atom. The Balaban J connectivity index is 1.74. The SMILES string of the molecule is CC(C(=O)Nc1cccc(Br)c1)N1c2cccc3cccc(c23)S1(=O)=O. The van der Waals surface area contributed by atoms with Crippen LogP contribution in [0.3, 0.4) is 0 Å². The van der Waals surface area contributed by atoms with Crippen molar-refractivity contribution < 1.29 is 13.2 Å². The molecule has 0 spiro atoms. The summed E-state index contributed by atoms with van der Waals surface area (Å²) < 4.78 is 28.1. The van der Waals surface area contributed by atoms with Crippen LogP contribution < -0.4 is 9.62 Å². The topological polar surface area (TPSA) is 66.5 Å². The van der Waals surface area contributed by atoms with Gasteiger partial charge in [-0.25, -0.2) is 8.42 Å².